The van der Waals surface area contributed by atoms with E-state index in [1.165, 1.54) is 0 Å². The van der Waals surface area contributed by atoms with E-state index in [1.807, 2.05) is 48.5 Å². The van der Waals surface area contributed by atoms with E-state index in [4.69, 9.17) is 19.5 Å². The summed E-state index contributed by atoms with van der Waals surface area (Å²) in [4.78, 5) is 35.1. The van der Waals surface area contributed by atoms with E-state index in [9.17, 15) is 14.4 Å². The number of anilines is 1. The molecule has 0 radical (unpaired) electrons. The Morgan fingerprint density at radius 3 is 2.28 bits per heavy atom. The summed E-state index contributed by atoms with van der Waals surface area (Å²) in [7, 11) is 0. The molecule has 0 spiro atoms. The lowest BCUT2D eigenvalue weighted by Crippen LogP contribution is -2.43. The first-order valence-corrected chi connectivity index (χ1v) is 9.71. The summed E-state index contributed by atoms with van der Waals surface area (Å²) in [6.45, 7) is -0.693. The van der Waals surface area contributed by atoms with Crippen LogP contribution in [0.2, 0.25) is 0 Å². The number of fused-ring (bicyclic) bond motifs is 3. The zero-order valence-electron chi connectivity index (χ0n) is 16.6. The molecule has 3 aromatic rings. The Balaban J connectivity index is 1.37. The van der Waals surface area contributed by atoms with Gasteiger partial charge in [0.25, 0.3) is 5.91 Å². The molecule has 10 heteroatoms. The average Bonchev–Trinajstić information content (AvgIpc) is 3.38. The maximum atomic E-state index is 12.3. The molecule has 164 valence electrons. The largest absolute Gasteiger partial charge is 0.480 e. The number of carboxylic acid groups (broad SMARTS) is 1. The molecule has 2 aromatic carbocycles. The number of amides is 2. The molecule has 0 bridgehead atoms. The second-order valence-corrected chi connectivity index (χ2v) is 7.07. The number of carboxylic acids is 1. The number of nitrogens with zero attached hydrogens (tertiary/aromatic N) is 1. The standard InChI is InChI=1S/C22H19N3O7/c26-10-18(21(28)29)23-20(27)17-9-19(32-25-17)24-22(30)31-11-16-14-7-3-1-5-12(14)13-6-2-4-8-15(13)16/h1-9,16,18,26H,10-11H2,(H,23,27)(H,24,30)(H,28,29)/t18-/m0/s1. The number of carbonyl (C=O) groups is 3. The average molecular weight is 437 g/mol. The highest BCUT2D eigenvalue weighted by atomic mass is 16.6. The number of aromatic nitrogens is 1. The van der Waals surface area contributed by atoms with Crippen molar-refractivity contribution in [1.82, 2.24) is 10.5 Å². The van der Waals surface area contributed by atoms with Gasteiger partial charge < -0.3 is 24.8 Å². The first-order chi connectivity index (χ1) is 15.5. The summed E-state index contributed by atoms with van der Waals surface area (Å²) >= 11 is 0. The summed E-state index contributed by atoms with van der Waals surface area (Å²) in [5, 5.41) is 25.7. The van der Waals surface area contributed by atoms with E-state index < -0.39 is 30.6 Å². The Hall–Kier alpha value is -4.18. The van der Waals surface area contributed by atoms with Gasteiger partial charge in [-0.1, -0.05) is 53.7 Å². The summed E-state index contributed by atoms with van der Waals surface area (Å²) in [6.07, 6.45) is -0.797. The van der Waals surface area contributed by atoms with Crippen LogP contribution in [0.5, 0.6) is 0 Å². The third-order valence-corrected chi connectivity index (χ3v) is 5.10. The number of carbonyl (C=O) groups excluding carboxylic acids is 2. The highest BCUT2D eigenvalue weighted by Gasteiger charge is 2.29. The Morgan fingerprint density at radius 1 is 1.06 bits per heavy atom. The van der Waals surface area contributed by atoms with Crippen LogP contribution in [0.3, 0.4) is 0 Å². The molecule has 1 aromatic heterocycles. The number of nitrogens with one attached hydrogen (secondary N) is 2. The molecule has 0 saturated carbocycles. The number of hydrogen-bond donors (Lipinski definition) is 4. The predicted molar refractivity (Wildman–Crippen MR) is 111 cm³/mol. The molecule has 32 heavy (non-hydrogen) atoms. The number of hydrogen-bond acceptors (Lipinski definition) is 7. The second kappa shape index (κ2) is 8.90. The van der Waals surface area contributed by atoms with Crippen molar-refractivity contribution in [2.45, 2.75) is 12.0 Å². The van der Waals surface area contributed by atoms with Crippen molar-refractivity contribution in [2.24, 2.45) is 0 Å². The van der Waals surface area contributed by atoms with Crippen molar-refractivity contribution in [3.8, 4) is 11.1 Å². The summed E-state index contributed by atoms with van der Waals surface area (Å²) in [5.74, 6) is -2.55. The first-order valence-electron chi connectivity index (χ1n) is 9.71. The van der Waals surface area contributed by atoms with Crippen molar-refractivity contribution in [1.29, 1.82) is 0 Å². The third-order valence-electron chi connectivity index (χ3n) is 5.10. The highest BCUT2D eigenvalue weighted by molar-refractivity contribution is 5.96. The minimum atomic E-state index is -1.49. The third kappa shape index (κ3) is 4.16. The predicted octanol–water partition coefficient (Wildman–Crippen LogP) is 2.21. The van der Waals surface area contributed by atoms with Crippen molar-refractivity contribution in [2.75, 3.05) is 18.5 Å². The van der Waals surface area contributed by atoms with Crippen LogP contribution in [-0.2, 0) is 9.53 Å². The molecule has 0 unspecified atom stereocenters. The summed E-state index contributed by atoms with van der Waals surface area (Å²) in [5.41, 5.74) is 4.07. The van der Waals surface area contributed by atoms with Gasteiger partial charge in [0, 0.05) is 12.0 Å². The normalized spacial score (nSPS) is 13.0. The molecule has 2 amide bonds. The van der Waals surface area contributed by atoms with Crippen molar-refractivity contribution < 1.29 is 33.9 Å². The van der Waals surface area contributed by atoms with Crippen LogP contribution < -0.4 is 10.6 Å². The van der Waals surface area contributed by atoms with Gasteiger partial charge in [0.15, 0.2) is 11.7 Å². The first kappa shape index (κ1) is 21.1. The maximum absolute atomic E-state index is 12.3. The van der Waals surface area contributed by atoms with Gasteiger partial charge in [0.2, 0.25) is 5.88 Å². The lowest BCUT2D eigenvalue weighted by molar-refractivity contribution is -0.140. The topological polar surface area (TPSA) is 151 Å². The van der Waals surface area contributed by atoms with Crippen molar-refractivity contribution in [3.05, 3.63) is 71.4 Å². The monoisotopic (exact) mass is 437 g/mol. The Morgan fingerprint density at radius 2 is 1.69 bits per heavy atom. The smallest absolute Gasteiger partial charge is 0.414 e. The fourth-order valence-corrected chi connectivity index (χ4v) is 3.59. The minimum absolute atomic E-state index is 0.0954. The molecule has 1 aliphatic rings. The number of aliphatic carboxylic acids is 1. The Kier molecular flexibility index (Phi) is 5.86. The van der Waals surface area contributed by atoms with Gasteiger partial charge in [-0.05, 0) is 22.3 Å². The van der Waals surface area contributed by atoms with Crippen LogP contribution in [-0.4, -0.2) is 52.6 Å². The van der Waals surface area contributed by atoms with E-state index in [0.29, 0.717) is 0 Å². The molecule has 4 N–H and O–H groups in total. The lowest BCUT2D eigenvalue weighted by atomic mass is 9.98. The van der Waals surface area contributed by atoms with E-state index in [1.54, 1.807) is 0 Å². The van der Waals surface area contributed by atoms with E-state index >= 15 is 0 Å². The highest BCUT2D eigenvalue weighted by Crippen LogP contribution is 2.44. The van der Waals surface area contributed by atoms with Gasteiger partial charge in [-0.3, -0.25) is 10.1 Å². The summed E-state index contributed by atoms with van der Waals surface area (Å²) < 4.78 is 10.3. The van der Waals surface area contributed by atoms with E-state index in [0.717, 1.165) is 28.3 Å². The molecule has 0 fully saturated rings. The number of ether oxygens (including phenoxy) is 1. The number of benzene rings is 2. The Labute approximate surface area is 181 Å². The zero-order valence-corrected chi connectivity index (χ0v) is 16.6. The molecule has 0 aliphatic heterocycles. The molecular weight excluding hydrogens is 418 g/mol. The van der Waals surface area contributed by atoms with Gasteiger partial charge in [-0.15, -0.1) is 0 Å². The number of aliphatic hydroxyl groups is 1. The molecule has 0 saturated heterocycles. The SMILES string of the molecule is O=C(Nc1cc(C(=O)N[C@@H](CO)C(=O)O)no1)OCC1c2ccccc2-c2ccccc21. The van der Waals surface area contributed by atoms with Crippen molar-refractivity contribution >= 4 is 23.9 Å². The molecular formula is C22H19N3O7. The molecule has 1 atom stereocenters. The molecule has 10 nitrogen and oxygen atoms in total. The van der Waals surface area contributed by atoms with Gasteiger partial charge in [0.05, 0.1) is 6.61 Å². The van der Waals surface area contributed by atoms with Crippen LogP contribution >= 0.6 is 0 Å². The number of aliphatic hydroxyl groups excluding tert-OH is 1. The fraction of sp³-hybridized carbons (Fsp3) is 0.182. The van der Waals surface area contributed by atoms with Gasteiger partial charge >= 0.3 is 12.1 Å². The second-order valence-electron chi connectivity index (χ2n) is 7.07. The quantitative estimate of drug-likeness (QED) is 0.439. The summed E-state index contributed by atoms with van der Waals surface area (Å²) in [6, 6.07) is 15.5. The van der Waals surface area contributed by atoms with Gasteiger partial charge in [-0.2, -0.15) is 0 Å². The molecule has 4 rings (SSSR count). The van der Waals surface area contributed by atoms with Crippen LogP contribution in [0.15, 0.2) is 59.1 Å². The van der Waals surface area contributed by atoms with Gasteiger partial charge in [0.1, 0.15) is 6.61 Å². The van der Waals surface area contributed by atoms with Crippen LogP contribution in [0, 0.1) is 0 Å². The lowest BCUT2D eigenvalue weighted by Gasteiger charge is -2.13. The van der Waals surface area contributed by atoms with Crippen LogP contribution in [0.25, 0.3) is 11.1 Å². The zero-order chi connectivity index (χ0) is 22.7. The molecule has 1 aliphatic carbocycles. The number of rotatable bonds is 7. The Bertz CT molecular complexity index is 1130. The van der Waals surface area contributed by atoms with Gasteiger partial charge in [-0.25, -0.2) is 9.59 Å². The van der Waals surface area contributed by atoms with Crippen LogP contribution in [0.1, 0.15) is 27.5 Å². The van der Waals surface area contributed by atoms with Crippen molar-refractivity contribution in [3.63, 3.8) is 0 Å². The fourth-order valence-electron chi connectivity index (χ4n) is 3.59. The van der Waals surface area contributed by atoms with E-state index in [2.05, 4.69) is 15.8 Å². The molecule has 1 heterocycles. The van der Waals surface area contributed by atoms with E-state index in [-0.39, 0.29) is 24.1 Å². The van der Waals surface area contributed by atoms with Crippen LogP contribution in [0.4, 0.5) is 10.7 Å². The maximum Gasteiger partial charge on any atom is 0.414 e. The minimum Gasteiger partial charge on any atom is -0.480 e.